The molecule has 5 nitrogen and oxygen atoms in total. The van der Waals surface area contributed by atoms with Crippen LogP contribution >= 0.6 is 0 Å². The zero-order valence-electron chi connectivity index (χ0n) is 11.0. The van der Waals surface area contributed by atoms with Crippen LogP contribution in [0.15, 0.2) is 12.5 Å². The molecule has 0 unspecified atom stereocenters. The van der Waals surface area contributed by atoms with Crippen LogP contribution in [-0.2, 0) is 7.05 Å². The summed E-state index contributed by atoms with van der Waals surface area (Å²) in [5, 5.41) is 8.64. The van der Waals surface area contributed by atoms with Crippen LogP contribution in [-0.4, -0.2) is 25.3 Å². The molecule has 0 spiro atoms. The molecule has 2 aromatic rings. The molecule has 0 saturated carbocycles. The third-order valence-corrected chi connectivity index (χ3v) is 3.41. The van der Waals surface area contributed by atoms with Gasteiger partial charge in [-0.05, 0) is 19.8 Å². The van der Waals surface area contributed by atoms with E-state index in [9.17, 15) is 0 Å². The van der Waals surface area contributed by atoms with Gasteiger partial charge in [0, 0.05) is 12.6 Å². The topological polar surface area (TPSA) is 55.6 Å². The summed E-state index contributed by atoms with van der Waals surface area (Å²) in [4.78, 5) is 8.54. The van der Waals surface area contributed by atoms with Gasteiger partial charge in [-0.15, -0.1) is 0 Å². The highest BCUT2D eigenvalue weighted by atomic mass is 15.3. The van der Waals surface area contributed by atoms with Gasteiger partial charge in [-0.3, -0.25) is 4.68 Å². The van der Waals surface area contributed by atoms with Crippen molar-refractivity contribution in [3.8, 4) is 0 Å². The van der Waals surface area contributed by atoms with E-state index < -0.39 is 0 Å². The minimum atomic E-state index is -0.0167. The van der Waals surface area contributed by atoms with Crippen molar-refractivity contribution < 1.29 is 0 Å². The molecule has 0 bridgehead atoms. The number of aromatic nitrogens is 4. The number of aryl methyl sites for hydroxylation is 1. The molecular weight excluding hydrogens is 214 g/mol. The van der Waals surface area contributed by atoms with Gasteiger partial charge in [0.15, 0.2) is 5.65 Å². The lowest BCUT2D eigenvalue weighted by atomic mass is 9.91. The molecule has 92 valence electrons. The highest BCUT2D eigenvalue weighted by Gasteiger charge is 2.23. The first-order chi connectivity index (χ1) is 7.92. The lowest BCUT2D eigenvalue weighted by Crippen LogP contribution is -2.37. The monoisotopic (exact) mass is 233 g/mol. The molecule has 0 radical (unpaired) electrons. The molecule has 0 aromatic carbocycles. The van der Waals surface area contributed by atoms with Crippen LogP contribution in [0, 0.1) is 5.92 Å². The zero-order valence-corrected chi connectivity index (χ0v) is 11.0. The Hall–Kier alpha value is -1.65. The van der Waals surface area contributed by atoms with Gasteiger partial charge in [-0.1, -0.05) is 13.8 Å². The van der Waals surface area contributed by atoms with Gasteiger partial charge in [0.25, 0.3) is 0 Å². The van der Waals surface area contributed by atoms with Crippen molar-refractivity contribution in [3.05, 3.63) is 12.5 Å². The lowest BCUT2D eigenvalue weighted by molar-refractivity contribution is 0.406. The number of nitrogens with zero attached hydrogens (tertiary/aromatic N) is 4. The van der Waals surface area contributed by atoms with E-state index in [1.165, 1.54) is 0 Å². The second-order valence-electron chi connectivity index (χ2n) is 5.23. The van der Waals surface area contributed by atoms with Crippen LogP contribution in [0.25, 0.3) is 11.0 Å². The fraction of sp³-hybridized carbons (Fsp3) is 0.583. The van der Waals surface area contributed by atoms with Crippen molar-refractivity contribution in [2.45, 2.75) is 33.2 Å². The summed E-state index contributed by atoms with van der Waals surface area (Å²) in [6, 6.07) is 0. The summed E-state index contributed by atoms with van der Waals surface area (Å²) in [6.07, 6.45) is 3.37. The second-order valence-corrected chi connectivity index (χ2v) is 5.23. The van der Waals surface area contributed by atoms with Gasteiger partial charge in [-0.2, -0.15) is 5.10 Å². The standard InChI is InChI=1S/C12H19N5/c1-8(2)12(3,4)16-10-9-6-15-17(5)11(9)14-7-13-10/h6-8H,1-5H3,(H,13,14,16). The third-order valence-electron chi connectivity index (χ3n) is 3.41. The highest BCUT2D eigenvalue weighted by molar-refractivity contribution is 5.86. The first kappa shape index (κ1) is 11.8. The maximum absolute atomic E-state index is 4.31. The normalized spacial score (nSPS) is 12.4. The van der Waals surface area contributed by atoms with Crippen molar-refractivity contribution >= 4 is 16.9 Å². The maximum atomic E-state index is 4.31. The Kier molecular flexibility index (Phi) is 2.77. The van der Waals surface area contributed by atoms with Gasteiger partial charge in [0.2, 0.25) is 0 Å². The average Bonchev–Trinajstić information content (AvgIpc) is 2.61. The summed E-state index contributed by atoms with van der Waals surface area (Å²) in [5.74, 6) is 1.35. The molecule has 1 N–H and O–H groups in total. The Morgan fingerprint density at radius 1 is 1.29 bits per heavy atom. The minimum absolute atomic E-state index is 0.0167. The summed E-state index contributed by atoms with van der Waals surface area (Å²) in [6.45, 7) is 8.72. The summed E-state index contributed by atoms with van der Waals surface area (Å²) < 4.78 is 1.75. The maximum Gasteiger partial charge on any atom is 0.163 e. The molecule has 0 aliphatic rings. The molecule has 2 heterocycles. The summed E-state index contributed by atoms with van der Waals surface area (Å²) >= 11 is 0. The van der Waals surface area contributed by atoms with Crippen LogP contribution in [0.4, 0.5) is 5.82 Å². The molecular formula is C12H19N5. The van der Waals surface area contributed by atoms with Crippen molar-refractivity contribution in [1.82, 2.24) is 19.7 Å². The lowest BCUT2D eigenvalue weighted by Gasteiger charge is -2.31. The number of fused-ring (bicyclic) bond motifs is 1. The Balaban J connectivity index is 2.43. The summed E-state index contributed by atoms with van der Waals surface area (Å²) in [7, 11) is 1.88. The molecule has 17 heavy (non-hydrogen) atoms. The molecule has 2 rings (SSSR count). The van der Waals surface area contributed by atoms with Crippen molar-refractivity contribution in [3.63, 3.8) is 0 Å². The zero-order chi connectivity index (χ0) is 12.6. The second kappa shape index (κ2) is 3.98. The molecule has 0 saturated heterocycles. The predicted molar refractivity (Wildman–Crippen MR) is 68.8 cm³/mol. The van der Waals surface area contributed by atoms with Crippen molar-refractivity contribution in [2.24, 2.45) is 13.0 Å². The van der Waals surface area contributed by atoms with Gasteiger partial charge in [0.1, 0.15) is 12.1 Å². The number of rotatable bonds is 3. The van der Waals surface area contributed by atoms with E-state index in [-0.39, 0.29) is 5.54 Å². The fourth-order valence-corrected chi connectivity index (χ4v) is 1.51. The number of nitrogens with one attached hydrogen (secondary N) is 1. The third kappa shape index (κ3) is 2.09. The van der Waals surface area contributed by atoms with E-state index in [1.807, 2.05) is 7.05 Å². The molecule has 0 amide bonds. The number of hydrogen-bond acceptors (Lipinski definition) is 4. The molecule has 0 atom stereocenters. The van der Waals surface area contributed by atoms with Gasteiger partial charge in [0.05, 0.1) is 11.6 Å². The molecule has 2 aromatic heterocycles. The van der Waals surface area contributed by atoms with E-state index >= 15 is 0 Å². The van der Waals surface area contributed by atoms with E-state index in [2.05, 4.69) is 48.1 Å². The first-order valence-electron chi connectivity index (χ1n) is 5.82. The predicted octanol–water partition coefficient (Wildman–Crippen LogP) is 2.21. The largest absolute Gasteiger partial charge is 0.364 e. The molecule has 5 heteroatoms. The Morgan fingerprint density at radius 3 is 2.65 bits per heavy atom. The minimum Gasteiger partial charge on any atom is -0.364 e. The first-order valence-corrected chi connectivity index (χ1v) is 5.82. The summed E-state index contributed by atoms with van der Waals surface area (Å²) in [5.41, 5.74) is 0.832. The van der Waals surface area contributed by atoms with E-state index in [0.29, 0.717) is 5.92 Å². The Bertz CT molecular complexity index is 527. The van der Waals surface area contributed by atoms with Crippen LogP contribution in [0.1, 0.15) is 27.7 Å². The van der Waals surface area contributed by atoms with Crippen LogP contribution < -0.4 is 5.32 Å². The number of anilines is 1. The van der Waals surface area contributed by atoms with Crippen LogP contribution in [0.2, 0.25) is 0 Å². The fourth-order valence-electron chi connectivity index (χ4n) is 1.51. The quantitative estimate of drug-likeness (QED) is 0.883. The Morgan fingerprint density at radius 2 is 2.00 bits per heavy atom. The van der Waals surface area contributed by atoms with Gasteiger partial charge < -0.3 is 5.32 Å². The molecule has 0 aliphatic carbocycles. The van der Waals surface area contributed by atoms with Crippen LogP contribution in [0.5, 0.6) is 0 Å². The number of hydrogen-bond donors (Lipinski definition) is 1. The van der Waals surface area contributed by atoms with E-state index in [1.54, 1.807) is 17.2 Å². The SMILES string of the molecule is CC(C)C(C)(C)Nc1ncnc2c1cnn2C. The highest BCUT2D eigenvalue weighted by Crippen LogP contribution is 2.25. The van der Waals surface area contributed by atoms with Crippen molar-refractivity contribution in [2.75, 3.05) is 5.32 Å². The molecule has 0 aliphatic heterocycles. The van der Waals surface area contributed by atoms with Gasteiger partial charge in [-0.25, -0.2) is 9.97 Å². The Labute approximate surface area is 101 Å². The molecule has 0 fully saturated rings. The van der Waals surface area contributed by atoms with Crippen molar-refractivity contribution in [1.29, 1.82) is 0 Å². The van der Waals surface area contributed by atoms with Crippen LogP contribution in [0.3, 0.4) is 0 Å². The average molecular weight is 233 g/mol. The smallest absolute Gasteiger partial charge is 0.163 e. The van der Waals surface area contributed by atoms with E-state index in [0.717, 1.165) is 16.9 Å². The van der Waals surface area contributed by atoms with Gasteiger partial charge >= 0.3 is 0 Å². The van der Waals surface area contributed by atoms with E-state index in [4.69, 9.17) is 0 Å².